The van der Waals surface area contributed by atoms with Gasteiger partial charge in [0, 0.05) is 33.2 Å². The molecule has 0 atom stereocenters. The minimum absolute atomic E-state index is 0.0584. The van der Waals surface area contributed by atoms with Crippen LogP contribution in [0.2, 0.25) is 0 Å². The Morgan fingerprint density at radius 2 is 0.930 bits per heavy atom. The average molecular weight is 908 g/mol. The smallest absolute Gasteiger partial charge is 0.143 e. The van der Waals surface area contributed by atoms with Crippen LogP contribution >= 0.6 is 0 Å². The van der Waals surface area contributed by atoms with Crippen LogP contribution in [0.15, 0.2) is 247 Å². The second-order valence-electron chi connectivity index (χ2n) is 20.3. The first-order chi connectivity index (χ1) is 34.9. The van der Waals surface area contributed by atoms with Gasteiger partial charge in [0.15, 0.2) is 0 Å². The molecule has 0 saturated carbocycles. The van der Waals surface area contributed by atoms with Gasteiger partial charge in [0.05, 0.1) is 16.8 Å². The fourth-order valence-corrected chi connectivity index (χ4v) is 12.2. The van der Waals surface area contributed by atoms with Crippen molar-refractivity contribution < 1.29 is 4.42 Å². The molecule has 336 valence electrons. The highest BCUT2D eigenvalue weighted by Gasteiger charge is 2.51. The molecule has 2 aliphatic carbocycles. The molecular formula is C69H49NO. The zero-order valence-corrected chi connectivity index (χ0v) is 39.9. The van der Waals surface area contributed by atoms with E-state index in [-0.39, 0.29) is 5.41 Å². The maximum atomic E-state index is 6.91. The van der Waals surface area contributed by atoms with Crippen LogP contribution in [0.3, 0.4) is 0 Å². The quantitative estimate of drug-likeness (QED) is 0.165. The fraction of sp³-hybridized carbons (Fsp3) is 0.0725. The van der Waals surface area contributed by atoms with Gasteiger partial charge in [-0.05, 0) is 119 Å². The van der Waals surface area contributed by atoms with Crippen LogP contribution in [0.4, 0.5) is 17.1 Å². The van der Waals surface area contributed by atoms with E-state index in [0.717, 1.165) is 66.6 Å². The number of anilines is 3. The average Bonchev–Trinajstić information content (AvgIpc) is 4.06. The molecule has 0 saturated heterocycles. The van der Waals surface area contributed by atoms with Crippen LogP contribution in [0.5, 0.6) is 0 Å². The van der Waals surface area contributed by atoms with Gasteiger partial charge in [0.2, 0.25) is 0 Å². The summed E-state index contributed by atoms with van der Waals surface area (Å²) in [4.78, 5) is 2.53. The van der Waals surface area contributed by atoms with E-state index in [0.29, 0.717) is 0 Å². The van der Waals surface area contributed by atoms with E-state index in [1.165, 1.54) is 66.6 Å². The first-order valence-corrected chi connectivity index (χ1v) is 24.8. The summed E-state index contributed by atoms with van der Waals surface area (Å²) in [5, 5.41) is 4.54. The molecule has 12 aromatic rings. The number of nitrogens with zero attached hydrogens (tertiary/aromatic N) is 1. The summed E-state index contributed by atoms with van der Waals surface area (Å²) in [5.74, 6) is 0. The van der Waals surface area contributed by atoms with Crippen molar-refractivity contribution in [2.45, 2.75) is 31.6 Å². The first kappa shape index (κ1) is 41.3. The fourth-order valence-electron chi connectivity index (χ4n) is 12.2. The van der Waals surface area contributed by atoms with Crippen molar-refractivity contribution >= 4 is 49.8 Å². The molecule has 2 heteroatoms. The van der Waals surface area contributed by atoms with Crippen molar-refractivity contribution in [2.24, 2.45) is 0 Å². The third-order valence-electron chi connectivity index (χ3n) is 15.5. The summed E-state index contributed by atoms with van der Waals surface area (Å²) >= 11 is 0. The lowest BCUT2D eigenvalue weighted by molar-refractivity contribution is 0.590. The molecule has 71 heavy (non-hydrogen) atoms. The van der Waals surface area contributed by atoms with Crippen molar-refractivity contribution in [1.29, 1.82) is 0 Å². The molecule has 0 fully saturated rings. The molecule has 0 N–H and O–H groups in total. The Morgan fingerprint density at radius 1 is 0.366 bits per heavy atom. The molecule has 0 bridgehead atoms. The van der Waals surface area contributed by atoms with Crippen LogP contribution in [-0.2, 0) is 10.8 Å². The first-order valence-electron chi connectivity index (χ1n) is 24.8. The van der Waals surface area contributed by atoms with Crippen molar-refractivity contribution in [1.82, 2.24) is 0 Å². The Labute approximate surface area is 414 Å². The lowest BCUT2D eigenvalue weighted by Gasteiger charge is -2.33. The van der Waals surface area contributed by atoms with Gasteiger partial charge >= 0.3 is 0 Å². The SMILES string of the molecule is CC(C)(C)c1ccc(-c2ccc(N(c3ccc4c(c3)-c3ccccc3C43c4ccccc4-c4ccccc43)c3ccc4ccccc4c3-c3cccc4c3oc3ccccc34)c(-c3ccccc3)c2)cc1. The summed E-state index contributed by atoms with van der Waals surface area (Å²) in [7, 11) is 0. The van der Waals surface area contributed by atoms with E-state index in [9.17, 15) is 0 Å². The van der Waals surface area contributed by atoms with Crippen molar-refractivity contribution in [3.05, 3.63) is 270 Å². The van der Waals surface area contributed by atoms with E-state index in [4.69, 9.17) is 4.42 Å². The monoisotopic (exact) mass is 907 g/mol. The van der Waals surface area contributed by atoms with Gasteiger partial charge in [-0.25, -0.2) is 0 Å². The van der Waals surface area contributed by atoms with Gasteiger partial charge in [-0.1, -0.05) is 227 Å². The zero-order valence-electron chi connectivity index (χ0n) is 39.9. The van der Waals surface area contributed by atoms with E-state index < -0.39 is 5.41 Å². The standard InChI is InChI=1S/C69H49NO/c1-68(2,3)48-36-32-44(33-37-48)47-35-40-63(57(42-47)45-18-5-4-6-19-45)70(64-41-34-46-20-7-8-21-50(46)66(64)56-27-17-26-55-54-25-12-16-31-65(54)71-67(55)56)49-38-39-62-58(43-49)53-24-11-15-30-61(53)69(62)59-28-13-9-22-51(59)52-23-10-14-29-60(52)69/h4-43H,1-3H3. The molecule has 0 aliphatic heterocycles. The van der Waals surface area contributed by atoms with E-state index in [1.54, 1.807) is 0 Å². The number of hydrogen-bond acceptors (Lipinski definition) is 2. The zero-order chi connectivity index (χ0) is 47.4. The molecule has 1 heterocycles. The summed E-state index contributed by atoms with van der Waals surface area (Å²) in [6.45, 7) is 6.83. The molecule has 0 radical (unpaired) electrons. The molecular weight excluding hydrogens is 859 g/mol. The second kappa shape index (κ2) is 15.7. The maximum absolute atomic E-state index is 6.91. The van der Waals surface area contributed by atoms with Gasteiger partial charge < -0.3 is 9.32 Å². The number of fused-ring (bicyclic) bond motifs is 14. The minimum Gasteiger partial charge on any atom is -0.455 e. The normalized spacial score (nSPS) is 13.1. The summed E-state index contributed by atoms with van der Waals surface area (Å²) in [5.41, 5.74) is 23.1. The molecule has 1 spiro atoms. The number of para-hydroxylation sites is 2. The highest BCUT2D eigenvalue weighted by Crippen LogP contribution is 2.63. The summed E-state index contributed by atoms with van der Waals surface area (Å²) in [6, 6.07) is 90.1. The predicted molar refractivity (Wildman–Crippen MR) is 297 cm³/mol. The Kier molecular flexibility index (Phi) is 9.10. The number of rotatable bonds is 6. The van der Waals surface area contributed by atoms with Crippen LogP contribution in [0.1, 0.15) is 48.6 Å². The lowest BCUT2D eigenvalue weighted by Crippen LogP contribution is -2.25. The van der Waals surface area contributed by atoms with E-state index in [2.05, 4.69) is 268 Å². The topological polar surface area (TPSA) is 16.4 Å². The third-order valence-corrected chi connectivity index (χ3v) is 15.5. The third kappa shape index (κ3) is 6.14. The highest BCUT2D eigenvalue weighted by molar-refractivity contribution is 6.15. The summed E-state index contributed by atoms with van der Waals surface area (Å²) < 4.78 is 6.91. The largest absolute Gasteiger partial charge is 0.455 e. The molecule has 0 unspecified atom stereocenters. The van der Waals surface area contributed by atoms with Crippen molar-refractivity contribution in [3.8, 4) is 55.6 Å². The molecule has 2 nitrogen and oxygen atoms in total. The number of benzene rings is 11. The molecule has 0 amide bonds. The van der Waals surface area contributed by atoms with E-state index >= 15 is 0 Å². The van der Waals surface area contributed by atoms with Gasteiger partial charge in [-0.15, -0.1) is 0 Å². The van der Waals surface area contributed by atoms with Crippen LogP contribution in [-0.4, -0.2) is 0 Å². The Balaban J connectivity index is 1.07. The van der Waals surface area contributed by atoms with Crippen LogP contribution in [0.25, 0.3) is 88.3 Å². The van der Waals surface area contributed by atoms with Crippen molar-refractivity contribution in [2.75, 3.05) is 4.90 Å². The van der Waals surface area contributed by atoms with Gasteiger partial charge in [0.25, 0.3) is 0 Å². The molecule has 2 aliphatic rings. The molecule has 14 rings (SSSR count). The summed E-state index contributed by atoms with van der Waals surface area (Å²) in [6.07, 6.45) is 0. The molecule has 1 aromatic heterocycles. The number of furan rings is 1. The Morgan fingerprint density at radius 3 is 1.65 bits per heavy atom. The van der Waals surface area contributed by atoms with Crippen LogP contribution < -0.4 is 4.90 Å². The maximum Gasteiger partial charge on any atom is 0.143 e. The minimum atomic E-state index is -0.451. The van der Waals surface area contributed by atoms with Gasteiger partial charge in [0.1, 0.15) is 11.2 Å². The van der Waals surface area contributed by atoms with Gasteiger partial charge in [-0.3, -0.25) is 0 Å². The van der Waals surface area contributed by atoms with Gasteiger partial charge in [-0.2, -0.15) is 0 Å². The number of hydrogen-bond donors (Lipinski definition) is 0. The second-order valence-corrected chi connectivity index (χ2v) is 20.3. The Bertz CT molecular complexity index is 4050. The lowest BCUT2D eigenvalue weighted by atomic mass is 9.70. The predicted octanol–water partition coefficient (Wildman–Crippen LogP) is 18.9. The molecule has 11 aromatic carbocycles. The van der Waals surface area contributed by atoms with E-state index in [1.807, 2.05) is 0 Å². The van der Waals surface area contributed by atoms with Crippen molar-refractivity contribution in [3.63, 3.8) is 0 Å². The Hall–Kier alpha value is -8.72. The highest BCUT2D eigenvalue weighted by atomic mass is 16.3. The van der Waals surface area contributed by atoms with Crippen LogP contribution in [0, 0.1) is 0 Å².